The van der Waals surface area contributed by atoms with Crippen molar-refractivity contribution < 1.29 is 4.74 Å². The molecule has 172 valence electrons. The lowest BCUT2D eigenvalue weighted by molar-refractivity contribution is 0.182. The van der Waals surface area contributed by atoms with Crippen LogP contribution < -0.4 is 11.1 Å². The summed E-state index contributed by atoms with van der Waals surface area (Å²) in [6.45, 7) is 8.42. The summed E-state index contributed by atoms with van der Waals surface area (Å²) in [5, 5.41) is 4.42. The molecule has 2 aliphatic rings. The minimum atomic E-state index is 0.492. The summed E-state index contributed by atoms with van der Waals surface area (Å²) in [4.78, 5) is 19.7. The molecule has 1 saturated heterocycles. The van der Waals surface area contributed by atoms with Crippen molar-refractivity contribution in [2.24, 2.45) is 4.99 Å². The number of hydrogen-bond donors (Lipinski definition) is 3. The Morgan fingerprint density at radius 2 is 2.12 bits per heavy atom. The number of nitrogens with two attached hydrogens (primary N) is 1. The maximum Gasteiger partial charge on any atom is 0.139 e. The predicted octanol–water partition coefficient (Wildman–Crippen LogP) is 3.28. The van der Waals surface area contributed by atoms with Gasteiger partial charge in [0.05, 0.1) is 24.2 Å². The molecule has 4 N–H and O–H groups in total. The smallest absolute Gasteiger partial charge is 0.139 e. The average Bonchev–Trinajstić information content (AvgIpc) is 3.20. The third kappa shape index (κ3) is 4.24. The number of nitrogens with zero attached hydrogens (tertiary/aromatic N) is 4. The fraction of sp³-hybridized carbons (Fsp3) is 0.400. The van der Waals surface area contributed by atoms with Gasteiger partial charge in [0.2, 0.25) is 0 Å². The van der Waals surface area contributed by atoms with Gasteiger partial charge in [-0.2, -0.15) is 0 Å². The van der Waals surface area contributed by atoms with E-state index in [0.717, 1.165) is 59.9 Å². The van der Waals surface area contributed by atoms with Crippen LogP contribution in [0.5, 0.6) is 0 Å². The molecule has 0 radical (unpaired) electrons. The van der Waals surface area contributed by atoms with Crippen molar-refractivity contribution in [3.8, 4) is 0 Å². The lowest BCUT2D eigenvalue weighted by Gasteiger charge is -2.34. The molecule has 8 heteroatoms. The van der Waals surface area contributed by atoms with Crippen molar-refractivity contribution in [3.05, 3.63) is 59.7 Å². The van der Waals surface area contributed by atoms with Crippen molar-refractivity contribution >= 4 is 28.3 Å². The van der Waals surface area contributed by atoms with Crippen LogP contribution in [0.4, 0.5) is 5.69 Å². The maximum absolute atomic E-state index is 6.54. The number of methoxy groups -OCH3 is 1. The monoisotopic (exact) mass is 445 g/mol. The molecule has 4 heterocycles. The average molecular weight is 446 g/mol. The van der Waals surface area contributed by atoms with E-state index in [9.17, 15) is 0 Å². The molecule has 2 fully saturated rings. The zero-order chi connectivity index (χ0) is 22.8. The fourth-order valence-electron chi connectivity index (χ4n) is 4.70. The summed E-state index contributed by atoms with van der Waals surface area (Å²) in [7, 11) is 1.68. The molecule has 1 saturated carbocycles. The number of ether oxygens (including phenoxy) is 1. The van der Waals surface area contributed by atoms with Crippen LogP contribution in [0.1, 0.15) is 47.6 Å². The van der Waals surface area contributed by atoms with Crippen molar-refractivity contribution in [2.45, 2.75) is 31.8 Å². The van der Waals surface area contributed by atoms with E-state index < -0.39 is 0 Å². The first-order chi connectivity index (χ1) is 16.2. The first-order valence-electron chi connectivity index (χ1n) is 11.6. The number of pyridine rings is 2. The third-order valence-corrected chi connectivity index (χ3v) is 6.63. The maximum atomic E-state index is 6.54. The second kappa shape index (κ2) is 9.33. The lowest BCUT2D eigenvalue weighted by atomic mass is 9.78. The molecule has 0 unspecified atom stereocenters. The molecule has 5 rings (SSSR count). The van der Waals surface area contributed by atoms with Crippen LogP contribution >= 0.6 is 0 Å². The summed E-state index contributed by atoms with van der Waals surface area (Å²) in [5.41, 5.74) is 12.8. The fourth-order valence-corrected chi connectivity index (χ4v) is 4.70. The molecular formula is C25H31N7O. The number of aromatic nitrogens is 3. The Morgan fingerprint density at radius 1 is 1.30 bits per heavy atom. The zero-order valence-electron chi connectivity index (χ0n) is 19.1. The summed E-state index contributed by atoms with van der Waals surface area (Å²) < 4.78 is 5.28. The van der Waals surface area contributed by atoms with Crippen molar-refractivity contribution in [2.75, 3.05) is 39.0 Å². The quantitative estimate of drug-likeness (QED) is 0.397. The minimum absolute atomic E-state index is 0.492. The zero-order valence-corrected chi connectivity index (χ0v) is 19.1. The Balaban J connectivity index is 1.61. The molecule has 3 aromatic heterocycles. The number of fused-ring (bicyclic) bond motifs is 1. The van der Waals surface area contributed by atoms with Gasteiger partial charge in [-0.05, 0) is 36.5 Å². The Hall–Kier alpha value is -3.23. The Morgan fingerprint density at radius 3 is 2.85 bits per heavy atom. The van der Waals surface area contributed by atoms with Crippen LogP contribution in [0.15, 0.2) is 42.3 Å². The summed E-state index contributed by atoms with van der Waals surface area (Å²) in [6, 6.07) is 4.03. The van der Waals surface area contributed by atoms with Gasteiger partial charge >= 0.3 is 0 Å². The number of nitrogen functional groups attached to an aromatic ring is 1. The van der Waals surface area contributed by atoms with Crippen LogP contribution in [0.2, 0.25) is 0 Å². The first-order valence-corrected chi connectivity index (χ1v) is 11.6. The largest absolute Gasteiger partial charge is 0.397 e. The number of rotatable bonds is 6. The van der Waals surface area contributed by atoms with Crippen LogP contribution in [0.25, 0.3) is 16.7 Å². The van der Waals surface area contributed by atoms with Crippen molar-refractivity contribution in [1.82, 2.24) is 25.2 Å². The van der Waals surface area contributed by atoms with Crippen LogP contribution in [0.3, 0.4) is 0 Å². The molecule has 1 aliphatic carbocycles. The number of anilines is 1. The second-order valence-corrected chi connectivity index (χ2v) is 8.79. The van der Waals surface area contributed by atoms with Gasteiger partial charge in [0.15, 0.2) is 0 Å². The van der Waals surface area contributed by atoms with Gasteiger partial charge in [-0.15, -0.1) is 0 Å². The number of hydrogen-bond acceptors (Lipinski definition) is 6. The summed E-state index contributed by atoms with van der Waals surface area (Å²) in [5.74, 6) is 1.38. The van der Waals surface area contributed by atoms with Gasteiger partial charge in [0, 0.05) is 67.9 Å². The number of aromatic amines is 1. The molecule has 8 nitrogen and oxygen atoms in total. The highest BCUT2D eigenvalue weighted by Gasteiger charge is 2.28. The third-order valence-electron chi connectivity index (χ3n) is 6.63. The summed E-state index contributed by atoms with van der Waals surface area (Å²) >= 11 is 0. The number of H-pyrrole nitrogens is 1. The van der Waals surface area contributed by atoms with Gasteiger partial charge < -0.3 is 25.7 Å². The van der Waals surface area contributed by atoms with E-state index in [1.54, 1.807) is 19.5 Å². The van der Waals surface area contributed by atoms with E-state index in [1.807, 2.05) is 12.3 Å². The van der Waals surface area contributed by atoms with E-state index >= 15 is 0 Å². The minimum Gasteiger partial charge on any atom is -0.397 e. The van der Waals surface area contributed by atoms with E-state index in [2.05, 4.69) is 37.8 Å². The predicted molar refractivity (Wildman–Crippen MR) is 132 cm³/mol. The number of piperazine rings is 1. The number of amidine groups is 1. The van der Waals surface area contributed by atoms with Crippen molar-refractivity contribution in [1.29, 1.82) is 0 Å². The van der Waals surface area contributed by atoms with Crippen molar-refractivity contribution in [3.63, 3.8) is 0 Å². The number of nitrogens with one attached hydrogen (secondary N) is 2. The second-order valence-electron chi connectivity index (χ2n) is 8.79. The molecule has 0 spiro atoms. The highest BCUT2D eigenvalue weighted by Crippen LogP contribution is 2.40. The van der Waals surface area contributed by atoms with Gasteiger partial charge in [-0.3, -0.25) is 4.98 Å². The SMILES string of the molecule is C=C(/N=C(\c1c(N)cncc1C1CCC1)N1CCNCC1)c1ccnc2[nH]c(COC)cc12. The molecular weight excluding hydrogens is 414 g/mol. The summed E-state index contributed by atoms with van der Waals surface area (Å²) in [6.07, 6.45) is 9.10. The van der Waals surface area contributed by atoms with Gasteiger partial charge in [-0.1, -0.05) is 13.0 Å². The Bertz CT molecular complexity index is 1190. The molecule has 0 bridgehead atoms. The number of aliphatic imine (C=N–C) groups is 1. The molecule has 33 heavy (non-hydrogen) atoms. The van der Waals surface area contributed by atoms with E-state index in [1.165, 1.54) is 24.8 Å². The Labute approximate surface area is 194 Å². The van der Waals surface area contributed by atoms with Crippen LogP contribution in [0, 0.1) is 0 Å². The van der Waals surface area contributed by atoms with Gasteiger partial charge in [0.1, 0.15) is 11.5 Å². The van der Waals surface area contributed by atoms with Gasteiger partial charge in [-0.25, -0.2) is 9.98 Å². The Kier molecular flexibility index (Phi) is 6.11. The van der Waals surface area contributed by atoms with Crippen LogP contribution in [-0.4, -0.2) is 59.0 Å². The highest BCUT2D eigenvalue weighted by atomic mass is 16.5. The normalized spacial score (nSPS) is 17.4. The highest BCUT2D eigenvalue weighted by molar-refractivity contribution is 6.07. The van der Waals surface area contributed by atoms with Gasteiger partial charge in [0.25, 0.3) is 0 Å². The van der Waals surface area contributed by atoms with E-state index in [4.69, 9.17) is 15.5 Å². The van der Waals surface area contributed by atoms with Crippen LogP contribution in [-0.2, 0) is 11.3 Å². The first kappa shape index (κ1) is 21.6. The standard InChI is InChI=1S/C25H31N7O/c1-16(19-6-7-29-24-20(19)12-18(31-24)15-33-2)30-25(32-10-8-27-9-11-32)23-21(17-4-3-5-17)13-28-14-22(23)26/h6-7,12-14,17,27H,1,3-5,8-11,15,26H2,2H3,(H,29,31)/b30-25+. The van der Waals surface area contributed by atoms with E-state index in [-0.39, 0.29) is 0 Å². The topological polar surface area (TPSA) is 104 Å². The molecule has 1 aliphatic heterocycles. The molecule has 0 amide bonds. The molecule has 0 atom stereocenters. The lowest BCUT2D eigenvalue weighted by Crippen LogP contribution is -2.47. The molecule has 0 aromatic carbocycles. The van der Waals surface area contributed by atoms with E-state index in [0.29, 0.717) is 23.9 Å². The molecule has 3 aromatic rings.